The van der Waals surface area contributed by atoms with E-state index < -0.39 is 39.7 Å². The molecule has 1 aromatic carbocycles. The summed E-state index contributed by atoms with van der Waals surface area (Å²) in [7, 11) is 0.777. The summed E-state index contributed by atoms with van der Waals surface area (Å²) in [5, 5.41) is -1.20. The van der Waals surface area contributed by atoms with E-state index in [1.807, 2.05) is 0 Å². The first kappa shape index (κ1) is 18.3. The molecule has 1 heterocycles. The van der Waals surface area contributed by atoms with Crippen LogP contribution in [0.5, 0.6) is 0 Å². The van der Waals surface area contributed by atoms with E-state index in [-0.39, 0.29) is 25.8 Å². The van der Waals surface area contributed by atoms with Crippen molar-refractivity contribution in [3.05, 3.63) is 61.1 Å². The normalized spacial score (nSPS) is 11.6. The molecule has 11 heteroatoms. The van der Waals surface area contributed by atoms with Gasteiger partial charge in [-0.15, -0.1) is 12.6 Å². The third kappa shape index (κ3) is 3.11. The number of carbonyl (C=O) groups excluding carboxylic acids is 1. The summed E-state index contributed by atoms with van der Waals surface area (Å²) in [6.45, 7) is 0. The van der Waals surface area contributed by atoms with Crippen LogP contribution in [0, 0.1) is 5.82 Å². The monoisotopic (exact) mass is 382 g/mol. The zero-order chi connectivity index (χ0) is 18.4. The zero-order valence-corrected chi connectivity index (χ0v) is 13.3. The Balaban J connectivity index is 2.88. The van der Waals surface area contributed by atoms with Crippen LogP contribution in [0.4, 0.5) is 17.6 Å². The second-order valence-corrected chi connectivity index (χ2v) is 5.44. The lowest BCUT2D eigenvalue weighted by Crippen LogP contribution is -2.41. The lowest BCUT2D eigenvalue weighted by Gasteiger charge is -2.14. The molecule has 0 unspecified atom stereocenters. The number of hydrogen-bond donors (Lipinski definition) is 1. The average Bonchev–Trinajstić information content (AvgIpc) is 2.43. The van der Waals surface area contributed by atoms with Crippen molar-refractivity contribution in [2.75, 3.05) is 0 Å². The van der Waals surface area contributed by atoms with Crippen molar-refractivity contribution in [2.45, 2.75) is 6.18 Å². The van der Waals surface area contributed by atoms with E-state index in [2.05, 4.69) is 12.6 Å². The van der Waals surface area contributed by atoms with Crippen LogP contribution in [0.15, 0.2) is 27.8 Å². The first-order valence-corrected chi connectivity index (χ1v) is 6.90. The second kappa shape index (κ2) is 6.10. The topological polar surface area (TPSA) is 61.1 Å². The number of alkyl halides is 3. The van der Waals surface area contributed by atoms with Crippen molar-refractivity contribution in [1.29, 1.82) is 0 Å². The van der Waals surface area contributed by atoms with Gasteiger partial charge in [0, 0.05) is 18.7 Å². The maximum Gasteiger partial charge on any atom is 0.431 e. The van der Waals surface area contributed by atoms with Gasteiger partial charge in [0.2, 0.25) is 5.12 Å². The largest absolute Gasteiger partial charge is 0.431 e. The maximum absolute atomic E-state index is 14.1. The lowest BCUT2D eigenvalue weighted by molar-refractivity contribution is -0.144. The molecule has 0 atom stereocenters. The first-order valence-electron chi connectivity index (χ1n) is 6.08. The fourth-order valence-electron chi connectivity index (χ4n) is 1.99. The molecule has 0 aliphatic heterocycles. The fourth-order valence-corrected chi connectivity index (χ4v) is 2.48. The predicted molar refractivity (Wildman–Crippen MR) is 80.6 cm³/mol. The highest BCUT2D eigenvalue weighted by atomic mass is 35.5. The summed E-state index contributed by atoms with van der Waals surface area (Å²) in [6.07, 6.45) is -4.95. The maximum atomic E-state index is 14.1. The van der Waals surface area contributed by atoms with Crippen LogP contribution < -0.4 is 11.2 Å². The third-order valence-corrected chi connectivity index (χ3v) is 3.67. The summed E-state index contributed by atoms with van der Waals surface area (Å²) >= 11 is 9.16. The smallest absolute Gasteiger partial charge is 0.292 e. The van der Waals surface area contributed by atoms with E-state index in [0.717, 1.165) is 13.1 Å². The van der Waals surface area contributed by atoms with E-state index >= 15 is 0 Å². The number of rotatable bonds is 2. The molecule has 0 aliphatic carbocycles. The van der Waals surface area contributed by atoms with Gasteiger partial charge in [-0.2, -0.15) is 13.2 Å². The summed E-state index contributed by atoms with van der Waals surface area (Å²) in [5.41, 5.74) is -5.37. The first-order chi connectivity index (χ1) is 10.9. The molecule has 0 saturated carbocycles. The summed E-state index contributed by atoms with van der Waals surface area (Å²) < 4.78 is 52.7. The number of benzene rings is 1. The van der Waals surface area contributed by atoms with Gasteiger partial charge in [-0.25, -0.2) is 13.8 Å². The summed E-state index contributed by atoms with van der Waals surface area (Å²) in [6, 6.07) is 1.57. The van der Waals surface area contributed by atoms with E-state index in [0.29, 0.717) is 6.07 Å². The Bertz CT molecular complexity index is 965. The van der Waals surface area contributed by atoms with Crippen LogP contribution in [0.1, 0.15) is 16.1 Å². The number of hydrogen-bond acceptors (Lipinski definition) is 3. The number of aromatic nitrogens is 2. The van der Waals surface area contributed by atoms with Gasteiger partial charge in [0.15, 0.2) is 0 Å². The van der Waals surface area contributed by atoms with Crippen LogP contribution in [-0.4, -0.2) is 14.2 Å². The molecule has 2 aromatic rings. The van der Waals surface area contributed by atoms with Crippen molar-refractivity contribution in [3.8, 4) is 5.69 Å². The molecule has 24 heavy (non-hydrogen) atoms. The minimum atomic E-state index is -4.95. The van der Waals surface area contributed by atoms with Crippen molar-refractivity contribution < 1.29 is 22.4 Å². The van der Waals surface area contributed by atoms with E-state index in [1.54, 1.807) is 0 Å². The molecule has 1 aromatic heterocycles. The van der Waals surface area contributed by atoms with Crippen LogP contribution in [0.3, 0.4) is 0 Å². The Morgan fingerprint density at radius 1 is 1.21 bits per heavy atom. The molecule has 0 amide bonds. The SMILES string of the molecule is Cn1c(C(F)(F)F)cc(=O)n(-c2cc(C(=O)S)c(Cl)cc2F)c1=O. The molecule has 128 valence electrons. The van der Waals surface area contributed by atoms with Gasteiger partial charge in [0.1, 0.15) is 11.5 Å². The van der Waals surface area contributed by atoms with E-state index in [4.69, 9.17) is 11.6 Å². The number of carbonyl (C=O) groups is 1. The van der Waals surface area contributed by atoms with Gasteiger partial charge in [0.25, 0.3) is 5.56 Å². The average molecular weight is 383 g/mol. The Morgan fingerprint density at radius 2 is 1.79 bits per heavy atom. The van der Waals surface area contributed by atoms with Crippen LogP contribution in [-0.2, 0) is 13.2 Å². The molecule has 2 rings (SSSR count). The molecule has 0 bridgehead atoms. The fraction of sp³-hybridized carbons (Fsp3) is 0.154. The molecule has 5 nitrogen and oxygen atoms in total. The lowest BCUT2D eigenvalue weighted by atomic mass is 10.2. The Labute approximate surface area is 141 Å². The van der Waals surface area contributed by atoms with Gasteiger partial charge in [-0.3, -0.25) is 14.2 Å². The zero-order valence-electron chi connectivity index (χ0n) is 11.7. The van der Waals surface area contributed by atoms with Crippen LogP contribution in [0.2, 0.25) is 5.02 Å². The second-order valence-electron chi connectivity index (χ2n) is 4.63. The minimum Gasteiger partial charge on any atom is -0.292 e. The van der Waals surface area contributed by atoms with Crippen LogP contribution in [0.25, 0.3) is 5.69 Å². The molecule has 0 saturated heterocycles. The molecule has 0 aliphatic rings. The summed E-state index contributed by atoms with van der Waals surface area (Å²) in [4.78, 5) is 35.3. The highest BCUT2D eigenvalue weighted by Gasteiger charge is 2.35. The van der Waals surface area contributed by atoms with Crippen molar-refractivity contribution in [2.24, 2.45) is 7.05 Å². The van der Waals surface area contributed by atoms with E-state index in [1.165, 1.54) is 0 Å². The van der Waals surface area contributed by atoms with Gasteiger partial charge < -0.3 is 0 Å². The summed E-state index contributed by atoms with van der Waals surface area (Å²) in [5.74, 6) is -1.17. The van der Waals surface area contributed by atoms with Gasteiger partial charge in [-0.05, 0) is 12.1 Å². The molecule has 0 spiro atoms. The molecular weight excluding hydrogens is 376 g/mol. The molecule has 0 radical (unpaired) electrons. The van der Waals surface area contributed by atoms with Crippen molar-refractivity contribution in [1.82, 2.24) is 9.13 Å². The standard InChI is InChI=1S/C13H7ClF4N2O3S/c1-19-9(13(16,17)18)4-10(21)20(12(19)23)8-2-5(11(22)24)6(14)3-7(8)15/h2-4H,1H3,(H,22,24). The number of nitrogens with zero attached hydrogens (tertiary/aromatic N) is 2. The highest BCUT2D eigenvalue weighted by Crippen LogP contribution is 2.27. The quantitative estimate of drug-likeness (QED) is 0.641. The van der Waals surface area contributed by atoms with Gasteiger partial charge in [-0.1, -0.05) is 11.6 Å². The minimum absolute atomic E-state index is 0.150. The number of halogens is 5. The third-order valence-electron chi connectivity index (χ3n) is 3.12. The van der Waals surface area contributed by atoms with Gasteiger partial charge in [0.05, 0.1) is 10.7 Å². The van der Waals surface area contributed by atoms with Gasteiger partial charge >= 0.3 is 11.9 Å². The Morgan fingerprint density at radius 3 is 2.29 bits per heavy atom. The van der Waals surface area contributed by atoms with Crippen molar-refractivity contribution in [3.63, 3.8) is 0 Å². The molecular formula is C13H7ClF4N2O3S. The van der Waals surface area contributed by atoms with E-state index in [9.17, 15) is 31.9 Å². The number of thiol groups is 1. The molecule has 0 fully saturated rings. The molecule has 0 N–H and O–H groups in total. The Kier molecular flexibility index (Phi) is 4.64. The van der Waals surface area contributed by atoms with Crippen LogP contribution >= 0.6 is 24.2 Å². The Hall–Kier alpha value is -2.07. The van der Waals surface area contributed by atoms with Crippen molar-refractivity contribution >= 4 is 29.3 Å². The predicted octanol–water partition coefficient (Wildman–Crippen LogP) is 2.42. The highest BCUT2D eigenvalue weighted by molar-refractivity contribution is 7.97.